The molecule has 2 aromatic rings. The normalized spacial score (nSPS) is 17.6. The van der Waals surface area contributed by atoms with Gasteiger partial charge in [0.15, 0.2) is 0 Å². The van der Waals surface area contributed by atoms with Crippen LogP contribution in [-0.4, -0.2) is 6.54 Å². The zero-order chi connectivity index (χ0) is 13.9. The quantitative estimate of drug-likeness (QED) is 0.786. The lowest BCUT2D eigenvalue weighted by Gasteiger charge is -2.26. The van der Waals surface area contributed by atoms with Crippen molar-refractivity contribution in [3.8, 4) is 0 Å². The Hall–Kier alpha value is -1.18. The van der Waals surface area contributed by atoms with Crippen molar-refractivity contribution in [1.29, 1.82) is 0 Å². The van der Waals surface area contributed by atoms with Crippen LogP contribution in [0.15, 0.2) is 42.5 Å². The minimum absolute atomic E-state index is 0.562. The van der Waals surface area contributed by atoms with Gasteiger partial charge in [-0.3, -0.25) is 0 Å². The molecule has 0 aromatic heterocycles. The van der Waals surface area contributed by atoms with E-state index in [-0.39, 0.29) is 0 Å². The summed E-state index contributed by atoms with van der Waals surface area (Å²) in [5, 5.41) is 4.81. The van der Waals surface area contributed by atoms with Crippen molar-refractivity contribution in [2.24, 2.45) is 0 Å². The Kier molecular flexibility index (Phi) is 4.18. The predicted molar refractivity (Wildman–Crippen MR) is 87.1 cm³/mol. The summed E-state index contributed by atoms with van der Waals surface area (Å²) in [6.07, 6.45) is 3.70. The van der Waals surface area contributed by atoms with Gasteiger partial charge in [0, 0.05) is 17.5 Å². The molecule has 0 heterocycles. The highest BCUT2D eigenvalue weighted by atomic mass is 35.5. The first-order valence-corrected chi connectivity index (χ1v) is 7.76. The van der Waals surface area contributed by atoms with Crippen molar-refractivity contribution >= 4 is 28.9 Å². The van der Waals surface area contributed by atoms with Crippen LogP contribution in [0.1, 0.15) is 29.9 Å². The maximum Gasteiger partial charge on any atom is 0.0652 e. The molecule has 3 heteroatoms. The standard InChI is InChI=1S/C17H17Cl2N/c18-14-8-9-17(16(19)10-14)20-11-13-6-3-5-12-4-1-2-7-15(12)13/h1-2,4,7-10,13,20H,3,5-6,11H2. The Morgan fingerprint density at radius 1 is 1.10 bits per heavy atom. The highest BCUT2D eigenvalue weighted by Crippen LogP contribution is 2.32. The summed E-state index contributed by atoms with van der Waals surface area (Å²) in [6.45, 7) is 0.915. The van der Waals surface area contributed by atoms with Gasteiger partial charge in [-0.2, -0.15) is 0 Å². The van der Waals surface area contributed by atoms with Crippen LogP contribution in [0, 0.1) is 0 Å². The molecule has 1 aliphatic rings. The van der Waals surface area contributed by atoms with Crippen molar-refractivity contribution in [3.05, 3.63) is 63.6 Å². The van der Waals surface area contributed by atoms with Gasteiger partial charge in [-0.1, -0.05) is 47.5 Å². The van der Waals surface area contributed by atoms with E-state index in [1.807, 2.05) is 12.1 Å². The Balaban J connectivity index is 1.73. The fourth-order valence-corrected chi connectivity index (χ4v) is 3.41. The van der Waals surface area contributed by atoms with E-state index in [0.29, 0.717) is 16.0 Å². The van der Waals surface area contributed by atoms with Crippen molar-refractivity contribution in [1.82, 2.24) is 0 Å². The number of rotatable bonds is 3. The summed E-state index contributed by atoms with van der Waals surface area (Å²) in [5.74, 6) is 0.562. The van der Waals surface area contributed by atoms with Gasteiger partial charge in [-0.25, -0.2) is 0 Å². The van der Waals surface area contributed by atoms with Gasteiger partial charge in [0.25, 0.3) is 0 Å². The third-order valence-electron chi connectivity index (χ3n) is 3.96. The van der Waals surface area contributed by atoms with E-state index in [1.54, 1.807) is 6.07 Å². The van der Waals surface area contributed by atoms with Crippen LogP contribution in [0.3, 0.4) is 0 Å². The lowest BCUT2D eigenvalue weighted by atomic mass is 9.83. The zero-order valence-corrected chi connectivity index (χ0v) is 12.7. The summed E-state index contributed by atoms with van der Waals surface area (Å²) in [7, 11) is 0. The molecule has 1 unspecified atom stereocenters. The third kappa shape index (κ3) is 2.94. The minimum Gasteiger partial charge on any atom is -0.383 e. The summed E-state index contributed by atoms with van der Waals surface area (Å²) >= 11 is 12.1. The van der Waals surface area contributed by atoms with E-state index in [4.69, 9.17) is 23.2 Å². The highest BCUT2D eigenvalue weighted by Gasteiger charge is 2.19. The van der Waals surface area contributed by atoms with Gasteiger partial charge in [0.05, 0.1) is 10.7 Å². The molecule has 0 spiro atoms. The van der Waals surface area contributed by atoms with E-state index >= 15 is 0 Å². The second-order valence-corrected chi connectivity index (χ2v) is 6.14. The lowest BCUT2D eigenvalue weighted by Crippen LogP contribution is -2.18. The first-order valence-electron chi connectivity index (χ1n) is 7.01. The number of benzene rings is 2. The minimum atomic E-state index is 0.562. The van der Waals surface area contributed by atoms with Gasteiger partial charge in [-0.15, -0.1) is 0 Å². The Morgan fingerprint density at radius 3 is 2.80 bits per heavy atom. The molecule has 0 fully saturated rings. The molecule has 0 aliphatic heterocycles. The number of nitrogens with one attached hydrogen (secondary N) is 1. The predicted octanol–water partition coefficient (Wildman–Crippen LogP) is 5.53. The van der Waals surface area contributed by atoms with E-state index in [1.165, 1.54) is 30.4 Å². The number of hydrogen-bond acceptors (Lipinski definition) is 1. The van der Waals surface area contributed by atoms with E-state index in [2.05, 4.69) is 29.6 Å². The first kappa shape index (κ1) is 13.8. The molecule has 2 aromatic carbocycles. The van der Waals surface area contributed by atoms with E-state index < -0.39 is 0 Å². The third-order valence-corrected chi connectivity index (χ3v) is 4.51. The van der Waals surface area contributed by atoms with Crippen molar-refractivity contribution in [2.75, 3.05) is 11.9 Å². The van der Waals surface area contributed by atoms with Gasteiger partial charge >= 0.3 is 0 Å². The Labute approximate surface area is 129 Å². The second kappa shape index (κ2) is 6.07. The zero-order valence-electron chi connectivity index (χ0n) is 11.2. The number of fused-ring (bicyclic) bond motifs is 1. The molecular weight excluding hydrogens is 289 g/mol. The molecule has 1 aliphatic carbocycles. The molecule has 0 saturated carbocycles. The van der Waals surface area contributed by atoms with Crippen molar-refractivity contribution in [2.45, 2.75) is 25.2 Å². The van der Waals surface area contributed by atoms with Crippen LogP contribution in [0.2, 0.25) is 10.0 Å². The largest absolute Gasteiger partial charge is 0.383 e. The van der Waals surface area contributed by atoms with Crippen LogP contribution < -0.4 is 5.32 Å². The van der Waals surface area contributed by atoms with Gasteiger partial charge in [0.1, 0.15) is 0 Å². The molecule has 0 amide bonds. The number of hydrogen-bond donors (Lipinski definition) is 1. The monoisotopic (exact) mass is 305 g/mol. The van der Waals surface area contributed by atoms with Gasteiger partial charge < -0.3 is 5.32 Å². The Bertz CT molecular complexity index is 610. The fraction of sp³-hybridized carbons (Fsp3) is 0.294. The summed E-state index contributed by atoms with van der Waals surface area (Å²) in [6, 6.07) is 14.3. The van der Waals surface area contributed by atoms with Crippen molar-refractivity contribution in [3.63, 3.8) is 0 Å². The summed E-state index contributed by atoms with van der Waals surface area (Å²) < 4.78 is 0. The summed E-state index contributed by atoms with van der Waals surface area (Å²) in [4.78, 5) is 0. The Morgan fingerprint density at radius 2 is 1.95 bits per heavy atom. The SMILES string of the molecule is Clc1ccc(NCC2CCCc3ccccc32)c(Cl)c1. The second-order valence-electron chi connectivity index (χ2n) is 5.29. The molecule has 0 bridgehead atoms. The van der Waals surface area contributed by atoms with Crippen molar-refractivity contribution < 1.29 is 0 Å². The number of aryl methyl sites for hydroxylation is 1. The van der Waals surface area contributed by atoms with Crippen LogP contribution in [0.5, 0.6) is 0 Å². The molecule has 1 nitrogen and oxygen atoms in total. The maximum absolute atomic E-state index is 6.20. The summed E-state index contributed by atoms with van der Waals surface area (Å²) in [5.41, 5.74) is 3.93. The molecule has 3 rings (SSSR count). The molecular formula is C17H17Cl2N. The van der Waals surface area contributed by atoms with Gasteiger partial charge in [0.2, 0.25) is 0 Å². The molecule has 104 valence electrons. The topological polar surface area (TPSA) is 12.0 Å². The lowest BCUT2D eigenvalue weighted by molar-refractivity contribution is 0.572. The van der Waals surface area contributed by atoms with Gasteiger partial charge in [-0.05, 0) is 48.6 Å². The van der Waals surface area contributed by atoms with E-state index in [9.17, 15) is 0 Å². The fourth-order valence-electron chi connectivity index (χ4n) is 2.93. The number of halogens is 2. The van der Waals surface area contributed by atoms with Crippen LogP contribution in [0.4, 0.5) is 5.69 Å². The van der Waals surface area contributed by atoms with Crippen LogP contribution in [0.25, 0.3) is 0 Å². The molecule has 0 saturated heterocycles. The average Bonchev–Trinajstić information content (AvgIpc) is 2.46. The first-order chi connectivity index (χ1) is 9.74. The van der Waals surface area contributed by atoms with Crippen LogP contribution >= 0.6 is 23.2 Å². The molecule has 0 radical (unpaired) electrons. The molecule has 1 N–H and O–H groups in total. The molecule has 1 atom stereocenters. The van der Waals surface area contributed by atoms with E-state index in [0.717, 1.165) is 12.2 Å². The molecule has 20 heavy (non-hydrogen) atoms. The maximum atomic E-state index is 6.20. The average molecular weight is 306 g/mol. The smallest absolute Gasteiger partial charge is 0.0652 e. The highest BCUT2D eigenvalue weighted by molar-refractivity contribution is 6.36. The van der Waals surface area contributed by atoms with Crippen LogP contribution in [-0.2, 0) is 6.42 Å². The number of anilines is 1.